The zero-order valence-electron chi connectivity index (χ0n) is 12.4. The molecule has 4 rings (SSSR count). The maximum Gasteiger partial charge on any atom is 0.222 e. The van der Waals surface area contributed by atoms with Crippen LogP contribution in [0.5, 0.6) is 5.75 Å². The topological polar surface area (TPSA) is 29.5 Å². The van der Waals surface area contributed by atoms with Crippen molar-refractivity contribution in [1.82, 2.24) is 4.90 Å². The summed E-state index contributed by atoms with van der Waals surface area (Å²) in [6.07, 6.45) is 2.61. The number of benzene rings is 2. The van der Waals surface area contributed by atoms with E-state index in [0.717, 1.165) is 31.4 Å². The predicted octanol–water partition coefficient (Wildman–Crippen LogP) is 3.39. The molecule has 4 heteroatoms. The monoisotopic (exact) mass is 311 g/mol. The smallest absolute Gasteiger partial charge is 0.222 e. The molecule has 0 bridgehead atoms. The Bertz CT molecular complexity index is 716. The number of rotatable bonds is 3. The molecule has 0 aromatic heterocycles. The van der Waals surface area contributed by atoms with Crippen LogP contribution in [0.3, 0.4) is 0 Å². The maximum absolute atomic E-state index is 11.8. The molecular weight excluding hydrogens is 293 g/mol. The molecule has 0 radical (unpaired) electrons. The fourth-order valence-electron chi connectivity index (χ4n) is 3.17. The fourth-order valence-corrected chi connectivity index (χ4v) is 5.14. The molecule has 2 heterocycles. The number of likely N-dealkylation sites (tertiary alicyclic amines) is 1. The van der Waals surface area contributed by atoms with Crippen LogP contribution in [0.15, 0.2) is 48.5 Å². The molecule has 22 heavy (non-hydrogen) atoms. The standard InChI is InChI=1S/C18H18NO2P/c20-18-10-5-11-19(18)12-13-22-17-9-4-2-7-15(17)14-6-1-3-8-16(14)21-22/h1-4,6-9H,5,10-13H2. The van der Waals surface area contributed by atoms with E-state index >= 15 is 0 Å². The van der Waals surface area contributed by atoms with Crippen molar-refractivity contribution in [3.8, 4) is 16.9 Å². The summed E-state index contributed by atoms with van der Waals surface area (Å²) >= 11 is 0. The van der Waals surface area contributed by atoms with Crippen LogP contribution in [-0.4, -0.2) is 30.1 Å². The van der Waals surface area contributed by atoms with Gasteiger partial charge in [-0.2, -0.15) is 0 Å². The lowest BCUT2D eigenvalue weighted by atomic mass is 10.0. The molecule has 0 saturated carbocycles. The zero-order valence-corrected chi connectivity index (χ0v) is 13.3. The highest BCUT2D eigenvalue weighted by Gasteiger charge is 2.28. The lowest BCUT2D eigenvalue weighted by Gasteiger charge is -2.29. The number of hydrogen-bond donors (Lipinski definition) is 0. The van der Waals surface area contributed by atoms with Gasteiger partial charge in [0.25, 0.3) is 0 Å². The molecule has 1 fully saturated rings. The first-order chi connectivity index (χ1) is 10.8. The van der Waals surface area contributed by atoms with Gasteiger partial charge in [0.05, 0.1) is 0 Å². The van der Waals surface area contributed by atoms with Crippen molar-refractivity contribution >= 4 is 19.4 Å². The number of para-hydroxylation sites is 1. The van der Waals surface area contributed by atoms with Gasteiger partial charge in [-0.1, -0.05) is 42.5 Å². The molecule has 2 aromatic carbocycles. The lowest BCUT2D eigenvalue weighted by Crippen LogP contribution is -2.29. The third-order valence-corrected chi connectivity index (χ3v) is 6.25. The first-order valence-corrected chi connectivity index (χ1v) is 9.19. The van der Waals surface area contributed by atoms with Gasteiger partial charge >= 0.3 is 0 Å². The second-order valence-corrected chi connectivity index (χ2v) is 7.56. The van der Waals surface area contributed by atoms with E-state index in [1.54, 1.807) is 0 Å². The largest absolute Gasteiger partial charge is 0.469 e. The molecule has 112 valence electrons. The minimum atomic E-state index is -0.703. The Labute approximate surface area is 131 Å². The molecule has 1 saturated heterocycles. The van der Waals surface area contributed by atoms with Crippen LogP contribution in [0, 0.1) is 0 Å². The van der Waals surface area contributed by atoms with Gasteiger partial charge in [0.2, 0.25) is 5.91 Å². The molecular formula is C18H18NO2P. The zero-order chi connectivity index (χ0) is 14.9. The molecule has 2 aliphatic rings. The first-order valence-electron chi connectivity index (χ1n) is 7.74. The number of carbonyl (C=O) groups excluding carboxylic acids is 1. The van der Waals surface area contributed by atoms with Crippen LogP contribution in [-0.2, 0) is 4.79 Å². The van der Waals surface area contributed by atoms with Gasteiger partial charge in [0, 0.05) is 36.5 Å². The lowest BCUT2D eigenvalue weighted by molar-refractivity contribution is -0.127. The predicted molar refractivity (Wildman–Crippen MR) is 89.7 cm³/mol. The van der Waals surface area contributed by atoms with Crippen LogP contribution in [0.4, 0.5) is 0 Å². The summed E-state index contributed by atoms with van der Waals surface area (Å²) in [6, 6.07) is 16.7. The molecule has 0 aliphatic carbocycles. The summed E-state index contributed by atoms with van der Waals surface area (Å²) in [5.74, 6) is 1.26. The third-order valence-electron chi connectivity index (χ3n) is 4.30. The van der Waals surface area contributed by atoms with E-state index in [0.29, 0.717) is 12.3 Å². The number of nitrogens with zero attached hydrogens (tertiary/aromatic N) is 1. The van der Waals surface area contributed by atoms with Crippen molar-refractivity contribution in [3.05, 3.63) is 48.5 Å². The third kappa shape index (κ3) is 2.40. The van der Waals surface area contributed by atoms with Gasteiger partial charge in [0.15, 0.2) is 0 Å². The maximum atomic E-state index is 11.8. The Morgan fingerprint density at radius 2 is 1.82 bits per heavy atom. The van der Waals surface area contributed by atoms with Crippen molar-refractivity contribution in [3.63, 3.8) is 0 Å². The summed E-state index contributed by atoms with van der Waals surface area (Å²) in [6.45, 7) is 1.71. The molecule has 1 amide bonds. The Balaban J connectivity index is 1.60. The van der Waals surface area contributed by atoms with E-state index in [1.165, 1.54) is 16.4 Å². The van der Waals surface area contributed by atoms with Crippen LogP contribution in [0.25, 0.3) is 11.1 Å². The second-order valence-electron chi connectivity index (χ2n) is 5.69. The van der Waals surface area contributed by atoms with E-state index in [1.807, 2.05) is 17.0 Å². The Morgan fingerprint density at radius 1 is 1.05 bits per heavy atom. The summed E-state index contributed by atoms with van der Waals surface area (Å²) in [7, 11) is -0.703. The van der Waals surface area contributed by atoms with E-state index in [2.05, 4.69) is 36.4 Å². The highest BCUT2D eigenvalue weighted by Crippen LogP contribution is 2.48. The summed E-state index contributed by atoms with van der Waals surface area (Å²) < 4.78 is 6.28. The molecule has 0 spiro atoms. The van der Waals surface area contributed by atoms with Gasteiger partial charge in [-0.3, -0.25) is 4.79 Å². The number of carbonyl (C=O) groups is 1. The Hall–Kier alpha value is -1.86. The summed E-state index contributed by atoms with van der Waals surface area (Å²) in [5, 5.41) is 1.29. The average Bonchev–Trinajstić information content (AvgIpc) is 2.98. The molecule has 3 nitrogen and oxygen atoms in total. The SMILES string of the molecule is O=C1CCCN1CCP1Oc2ccccc2-c2ccccc21. The van der Waals surface area contributed by atoms with Crippen LogP contribution in [0.1, 0.15) is 12.8 Å². The molecule has 0 N–H and O–H groups in total. The van der Waals surface area contributed by atoms with Crippen LogP contribution < -0.4 is 9.83 Å². The van der Waals surface area contributed by atoms with Crippen molar-refractivity contribution < 1.29 is 9.32 Å². The number of hydrogen-bond acceptors (Lipinski definition) is 2. The number of fused-ring (bicyclic) bond motifs is 3. The van der Waals surface area contributed by atoms with Crippen molar-refractivity contribution in [2.75, 3.05) is 19.3 Å². The summed E-state index contributed by atoms with van der Waals surface area (Å²) in [5.41, 5.74) is 2.46. The minimum Gasteiger partial charge on any atom is -0.469 e. The van der Waals surface area contributed by atoms with Gasteiger partial charge in [-0.25, -0.2) is 0 Å². The Kier molecular flexibility index (Phi) is 3.59. The van der Waals surface area contributed by atoms with Gasteiger partial charge in [-0.05, 0) is 18.1 Å². The molecule has 2 aromatic rings. The average molecular weight is 311 g/mol. The summed E-state index contributed by atoms with van der Waals surface area (Å²) in [4.78, 5) is 13.8. The molecule has 1 atom stereocenters. The molecule has 2 aliphatic heterocycles. The highest BCUT2D eigenvalue weighted by molar-refractivity contribution is 7.61. The van der Waals surface area contributed by atoms with Crippen molar-refractivity contribution in [2.24, 2.45) is 0 Å². The van der Waals surface area contributed by atoms with E-state index in [9.17, 15) is 4.79 Å². The molecule has 1 unspecified atom stereocenters. The van der Waals surface area contributed by atoms with Crippen molar-refractivity contribution in [1.29, 1.82) is 0 Å². The van der Waals surface area contributed by atoms with Gasteiger partial charge in [-0.15, -0.1) is 0 Å². The van der Waals surface area contributed by atoms with E-state index < -0.39 is 8.15 Å². The minimum absolute atomic E-state index is 0.292. The van der Waals surface area contributed by atoms with Crippen LogP contribution in [0.2, 0.25) is 0 Å². The first kappa shape index (κ1) is 13.8. The van der Waals surface area contributed by atoms with Gasteiger partial charge in [0.1, 0.15) is 13.9 Å². The van der Waals surface area contributed by atoms with Crippen molar-refractivity contribution in [2.45, 2.75) is 12.8 Å². The van der Waals surface area contributed by atoms with E-state index in [-0.39, 0.29) is 0 Å². The Morgan fingerprint density at radius 3 is 2.64 bits per heavy atom. The highest BCUT2D eigenvalue weighted by atomic mass is 31.1. The fraction of sp³-hybridized carbons (Fsp3) is 0.278. The van der Waals surface area contributed by atoms with Gasteiger partial charge < -0.3 is 9.42 Å². The second kappa shape index (κ2) is 5.73. The number of amides is 1. The quantitative estimate of drug-likeness (QED) is 0.813. The normalized spacial score (nSPS) is 19.5. The van der Waals surface area contributed by atoms with E-state index in [4.69, 9.17) is 4.52 Å². The van der Waals surface area contributed by atoms with Crippen LogP contribution >= 0.6 is 8.15 Å².